The van der Waals surface area contributed by atoms with Gasteiger partial charge in [0.2, 0.25) is 0 Å². The lowest BCUT2D eigenvalue weighted by atomic mass is 9.84. The number of rotatable bonds is 4. The minimum atomic E-state index is -1.23. The van der Waals surface area contributed by atoms with Gasteiger partial charge in [0.05, 0.1) is 18.9 Å². The number of nitrogens with two attached hydrogens (primary N) is 1. The third-order valence-corrected chi connectivity index (χ3v) is 5.29. The molecule has 1 fully saturated rings. The molecule has 2 aliphatic heterocycles. The van der Waals surface area contributed by atoms with Gasteiger partial charge in [0.1, 0.15) is 11.6 Å². The molecule has 3 amide bonds. The van der Waals surface area contributed by atoms with Gasteiger partial charge in [-0.25, -0.2) is 9.18 Å². The number of carbonyl (C=O) groups is 3. The molecular weight excluding hydrogens is 409 g/mol. The molecule has 9 nitrogen and oxygen atoms in total. The highest BCUT2D eigenvalue weighted by molar-refractivity contribution is 6.00. The molecule has 1 saturated heterocycles. The van der Waals surface area contributed by atoms with E-state index in [-0.39, 0.29) is 49.3 Å². The summed E-state index contributed by atoms with van der Waals surface area (Å²) in [5.41, 5.74) is 3.72. The van der Waals surface area contributed by atoms with Gasteiger partial charge in [0.25, 0.3) is 11.8 Å². The first-order chi connectivity index (χ1) is 14.5. The Morgan fingerprint density at radius 1 is 1.35 bits per heavy atom. The first kappa shape index (κ1) is 22.8. The summed E-state index contributed by atoms with van der Waals surface area (Å²) < 4.78 is 31.0. The molecule has 10 heteroatoms. The van der Waals surface area contributed by atoms with E-state index >= 15 is 0 Å². The summed E-state index contributed by atoms with van der Waals surface area (Å²) in [6.45, 7) is 6.16. The van der Waals surface area contributed by atoms with Crippen LogP contribution in [0.1, 0.15) is 40.0 Å². The van der Waals surface area contributed by atoms with E-state index in [2.05, 4.69) is 10.6 Å². The molecular formula is C21H28FN3O6. The molecule has 4 N–H and O–H groups in total. The fourth-order valence-electron chi connectivity index (χ4n) is 3.84. The van der Waals surface area contributed by atoms with Crippen LogP contribution in [0.4, 0.5) is 14.9 Å². The van der Waals surface area contributed by atoms with E-state index in [0.29, 0.717) is 0 Å². The van der Waals surface area contributed by atoms with Crippen LogP contribution in [0.25, 0.3) is 0 Å². The normalized spacial score (nSPS) is 21.2. The Kier molecular flexibility index (Phi) is 6.40. The van der Waals surface area contributed by atoms with Crippen LogP contribution in [0.3, 0.4) is 0 Å². The summed E-state index contributed by atoms with van der Waals surface area (Å²) >= 11 is 0. The predicted molar refractivity (Wildman–Crippen MR) is 109 cm³/mol. The Bertz CT molecular complexity index is 863. The Morgan fingerprint density at radius 2 is 2.03 bits per heavy atom. The van der Waals surface area contributed by atoms with Crippen molar-refractivity contribution in [2.45, 2.75) is 57.8 Å². The number of anilines is 1. The lowest BCUT2D eigenvalue weighted by Gasteiger charge is -2.41. The van der Waals surface area contributed by atoms with Crippen molar-refractivity contribution in [1.29, 1.82) is 0 Å². The molecule has 0 aliphatic carbocycles. The van der Waals surface area contributed by atoms with Gasteiger partial charge in [0, 0.05) is 12.8 Å². The molecule has 31 heavy (non-hydrogen) atoms. The SMILES string of the molecule is CC(C)(C)C[C@H](OC(N)=O)C(=O)NC1C(=O)Nc2cccc(F)c2OC12CCOCC2. The van der Waals surface area contributed by atoms with E-state index in [9.17, 15) is 18.8 Å². The van der Waals surface area contributed by atoms with Gasteiger partial charge < -0.3 is 30.6 Å². The molecule has 0 radical (unpaired) electrons. The maximum atomic E-state index is 14.5. The molecule has 2 atom stereocenters. The maximum absolute atomic E-state index is 14.5. The van der Waals surface area contributed by atoms with Crippen molar-refractivity contribution in [3.8, 4) is 5.75 Å². The number of halogens is 1. The van der Waals surface area contributed by atoms with Crippen molar-refractivity contribution in [2.75, 3.05) is 18.5 Å². The second-order valence-corrected chi connectivity index (χ2v) is 9.02. The summed E-state index contributed by atoms with van der Waals surface area (Å²) in [4.78, 5) is 37.5. The van der Waals surface area contributed by atoms with Crippen molar-refractivity contribution < 1.29 is 33.0 Å². The van der Waals surface area contributed by atoms with E-state index in [1.54, 1.807) is 0 Å². The lowest BCUT2D eigenvalue weighted by molar-refractivity contribution is -0.141. The van der Waals surface area contributed by atoms with Crippen molar-refractivity contribution in [3.63, 3.8) is 0 Å². The zero-order valence-corrected chi connectivity index (χ0v) is 17.8. The maximum Gasteiger partial charge on any atom is 0.405 e. The number of hydrogen-bond acceptors (Lipinski definition) is 6. The first-order valence-corrected chi connectivity index (χ1v) is 10.1. The summed E-state index contributed by atoms with van der Waals surface area (Å²) in [5, 5.41) is 5.29. The minimum Gasteiger partial charge on any atom is -0.479 e. The lowest BCUT2D eigenvalue weighted by Crippen LogP contribution is -2.63. The van der Waals surface area contributed by atoms with Crippen LogP contribution < -0.4 is 21.1 Å². The number of benzene rings is 1. The van der Waals surface area contributed by atoms with Crippen LogP contribution in [-0.4, -0.2) is 48.9 Å². The van der Waals surface area contributed by atoms with E-state index in [4.69, 9.17) is 19.9 Å². The van der Waals surface area contributed by atoms with Crippen molar-refractivity contribution in [3.05, 3.63) is 24.0 Å². The third kappa shape index (κ3) is 5.25. The standard InChI is InChI=1S/C21H28FN3O6/c1-20(2,3)11-14(30-19(23)28)17(26)25-16-18(27)24-13-6-4-5-12(22)15(13)31-21(16)7-9-29-10-8-21/h4-6,14,16H,7-11H2,1-3H3,(H2,23,28)(H,24,27)(H,25,26)/t14-,16?/m0/s1. The minimum absolute atomic E-state index is 0.0888. The number of primary amides is 1. The fraction of sp³-hybridized carbons (Fsp3) is 0.571. The molecule has 1 spiro atoms. The molecule has 2 aliphatic rings. The van der Waals surface area contributed by atoms with Crippen molar-refractivity contribution >= 4 is 23.6 Å². The second-order valence-electron chi connectivity index (χ2n) is 9.02. The Labute approximate surface area is 179 Å². The molecule has 3 rings (SSSR count). The van der Waals surface area contributed by atoms with Gasteiger partial charge in [-0.3, -0.25) is 9.59 Å². The van der Waals surface area contributed by atoms with Crippen LogP contribution in [0.5, 0.6) is 5.75 Å². The molecule has 0 aromatic heterocycles. The quantitative estimate of drug-likeness (QED) is 0.662. The average Bonchev–Trinajstić information content (AvgIpc) is 2.77. The van der Waals surface area contributed by atoms with Gasteiger partial charge in [0.15, 0.2) is 17.7 Å². The van der Waals surface area contributed by atoms with Crippen LogP contribution >= 0.6 is 0 Å². The number of para-hydroxylation sites is 1. The summed E-state index contributed by atoms with van der Waals surface area (Å²) in [5.74, 6) is -1.96. The highest BCUT2D eigenvalue weighted by atomic mass is 19.1. The smallest absolute Gasteiger partial charge is 0.405 e. The fourth-order valence-corrected chi connectivity index (χ4v) is 3.84. The van der Waals surface area contributed by atoms with Crippen molar-refractivity contribution in [1.82, 2.24) is 5.32 Å². The first-order valence-electron chi connectivity index (χ1n) is 10.1. The van der Waals surface area contributed by atoms with Gasteiger partial charge in [-0.2, -0.15) is 0 Å². The number of hydrogen-bond donors (Lipinski definition) is 3. The average molecular weight is 437 g/mol. The topological polar surface area (TPSA) is 129 Å². The van der Waals surface area contributed by atoms with Crippen LogP contribution in [0.15, 0.2) is 18.2 Å². The molecule has 2 heterocycles. The molecule has 170 valence electrons. The van der Waals surface area contributed by atoms with Gasteiger partial charge >= 0.3 is 6.09 Å². The number of fused-ring (bicyclic) bond motifs is 1. The highest BCUT2D eigenvalue weighted by Crippen LogP contribution is 2.40. The predicted octanol–water partition coefficient (Wildman–Crippen LogP) is 2.09. The van der Waals surface area contributed by atoms with Crippen molar-refractivity contribution in [2.24, 2.45) is 11.1 Å². The zero-order valence-electron chi connectivity index (χ0n) is 17.8. The summed E-state index contributed by atoms with van der Waals surface area (Å²) in [6.07, 6.45) is -1.62. The number of carbonyl (C=O) groups excluding carboxylic acids is 3. The number of amides is 3. The zero-order chi connectivity index (χ0) is 22.8. The summed E-state index contributed by atoms with van der Waals surface area (Å²) in [6, 6.07) is 3.03. The van der Waals surface area contributed by atoms with E-state index < -0.39 is 41.5 Å². The van der Waals surface area contributed by atoms with Crippen LogP contribution in [0.2, 0.25) is 0 Å². The van der Waals surface area contributed by atoms with Gasteiger partial charge in [-0.15, -0.1) is 0 Å². The van der Waals surface area contributed by atoms with Gasteiger partial charge in [-0.1, -0.05) is 26.8 Å². The third-order valence-electron chi connectivity index (χ3n) is 5.29. The molecule has 1 unspecified atom stereocenters. The van der Waals surface area contributed by atoms with E-state index in [1.807, 2.05) is 20.8 Å². The molecule has 1 aromatic rings. The Morgan fingerprint density at radius 3 is 2.65 bits per heavy atom. The Hall–Kier alpha value is -2.88. The number of nitrogens with one attached hydrogen (secondary N) is 2. The largest absolute Gasteiger partial charge is 0.479 e. The molecule has 0 saturated carbocycles. The number of ether oxygens (including phenoxy) is 3. The van der Waals surface area contributed by atoms with E-state index in [0.717, 1.165) is 0 Å². The monoisotopic (exact) mass is 437 g/mol. The molecule has 0 bridgehead atoms. The van der Waals surface area contributed by atoms with Crippen LogP contribution in [0, 0.1) is 11.2 Å². The summed E-state index contributed by atoms with van der Waals surface area (Å²) in [7, 11) is 0. The van der Waals surface area contributed by atoms with Gasteiger partial charge in [-0.05, 0) is 24.0 Å². The van der Waals surface area contributed by atoms with Crippen LogP contribution in [-0.2, 0) is 19.1 Å². The highest BCUT2D eigenvalue weighted by Gasteiger charge is 2.50. The van der Waals surface area contributed by atoms with E-state index in [1.165, 1.54) is 18.2 Å². The Balaban J connectivity index is 1.93. The second kappa shape index (κ2) is 8.70. The molecule has 1 aromatic carbocycles.